The highest BCUT2D eigenvalue weighted by Crippen LogP contribution is 2.36. The number of alkyl halides is 3. The first-order valence-electron chi connectivity index (χ1n) is 6.83. The average Bonchev–Trinajstić information content (AvgIpc) is 3.01. The van der Waals surface area contributed by atoms with Crippen molar-refractivity contribution in [2.24, 2.45) is 0 Å². The zero-order valence-corrected chi connectivity index (χ0v) is 13.2. The molecule has 126 valence electrons. The molecule has 0 radical (unpaired) electrons. The maximum absolute atomic E-state index is 12.7. The molecule has 0 aromatic carbocycles. The Morgan fingerprint density at radius 2 is 2.22 bits per heavy atom. The molecule has 1 aromatic rings. The lowest BCUT2D eigenvalue weighted by molar-refractivity contribution is -0.132. The van der Waals surface area contributed by atoms with Crippen LogP contribution in [0, 0.1) is 0 Å². The number of hydrogen-bond acceptors (Lipinski definition) is 4. The molecule has 0 saturated heterocycles. The number of fused-ring (bicyclic) bond motifs is 1. The zero-order valence-electron chi connectivity index (χ0n) is 12.4. The number of allylic oxidation sites excluding steroid dienone is 2. The predicted molar refractivity (Wildman–Crippen MR) is 80.1 cm³/mol. The minimum absolute atomic E-state index is 0.0214. The fraction of sp³-hybridized carbons (Fsp3) is 0.429. The Balaban J connectivity index is 2.05. The van der Waals surface area contributed by atoms with Crippen LogP contribution in [0.3, 0.4) is 0 Å². The van der Waals surface area contributed by atoms with E-state index in [2.05, 4.69) is 11.7 Å². The van der Waals surface area contributed by atoms with Gasteiger partial charge in [-0.3, -0.25) is 4.79 Å². The lowest BCUT2D eigenvalue weighted by Gasteiger charge is -2.15. The minimum atomic E-state index is -4.49. The highest BCUT2D eigenvalue weighted by atomic mass is 32.2. The van der Waals surface area contributed by atoms with Crippen molar-refractivity contribution >= 4 is 17.9 Å². The van der Waals surface area contributed by atoms with Crippen LogP contribution in [0.1, 0.15) is 24.6 Å². The van der Waals surface area contributed by atoms with Gasteiger partial charge in [-0.1, -0.05) is 12.7 Å². The molecule has 0 atom stereocenters. The summed E-state index contributed by atoms with van der Waals surface area (Å²) < 4.78 is 39.5. The Kier molecular flexibility index (Phi) is 5.20. The molecule has 0 aliphatic carbocycles. The van der Waals surface area contributed by atoms with Crippen LogP contribution in [0.4, 0.5) is 13.2 Å². The molecule has 1 aliphatic heterocycles. The molecule has 1 aliphatic rings. The summed E-state index contributed by atoms with van der Waals surface area (Å²) in [7, 11) is 0. The number of carbonyl (C=O) groups is 1. The van der Waals surface area contributed by atoms with Gasteiger partial charge in [-0.25, -0.2) is 4.09 Å². The van der Waals surface area contributed by atoms with Crippen molar-refractivity contribution in [3.05, 3.63) is 40.6 Å². The molecule has 1 aromatic heterocycles. The van der Waals surface area contributed by atoms with E-state index in [4.69, 9.17) is 5.11 Å². The highest BCUT2D eigenvalue weighted by molar-refractivity contribution is 8.01. The molecule has 23 heavy (non-hydrogen) atoms. The van der Waals surface area contributed by atoms with E-state index < -0.39 is 11.7 Å². The second-order valence-electron chi connectivity index (χ2n) is 4.95. The van der Waals surface area contributed by atoms with Crippen molar-refractivity contribution in [1.82, 2.24) is 14.1 Å². The number of carbonyl (C=O) groups excluding carboxylic acids is 1. The molecule has 0 unspecified atom stereocenters. The number of nitrogens with zero attached hydrogens (tertiary/aromatic N) is 3. The summed E-state index contributed by atoms with van der Waals surface area (Å²) in [4.78, 5) is 13.2. The normalized spacial score (nSPS) is 15.0. The third-order valence-electron chi connectivity index (χ3n) is 3.33. The highest BCUT2D eigenvalue weighted by Gasteiger charge is 2.35. The Hall–Kier alpha value is -1.74. The van der Waals surface area contributed by atoms with Crippen molar-refractivity contribution in [2.45, 2.75) is 32.6 Å². The zero-order chi connectivity index (χ0) is 17.2. The number of halogens is 3. The first kappa shape index (κ1) is 17.6. The maximum Gasteiger partial charge on any atom is 0.416 e. The minimum Gasteiger partial charge on any atom is -0.396 e. The van der Waals surface area contributed by atoms with Crippen LogP contribution in [-0.2, 0) is 17.9 Å². The van der Waals surface area contributed by atoms with E-state index in [9.17, 15) is 18.0 Å². The molecule has 0 saturated carbocycles. The summed E-state index contributed by atoms with van der Waals surface area (Å²) in [5.74, 6) is -0.177. The second kappa shape index (κ2) is 6.79. The molecule has 1 amide bonds. The third kappa shape index (κ3) is 3.97. The molecular formula is C14H16F3N3O2S. The fourth-order valence-corrected chi connectivity index (χ4v) is 2.98. The molecule has 9 heteroatoms. The SMILES string of the molecule is C=C(/C(=C\C)Sn1cc2c(n1)CN(C(=O)CCO)C2)C(F)(F)F. The van der Waals surface area contributed by atoms with Gasteiger partial charge in [0.2, 0.25) is 5.91 Å². The largest absolute Gasteiger partial charge is 0.416 e. The van der Waals surface area contributed by atoms with E-state index in [1.807, 2.05) is 0 Å². The smallest absolute Gasteiger partial charge is 0.396 e. The van der Waals surface area contributed by atoms with Gasteiger partial charge in [-0.15, -0.1) is 0 Å². The van der Waals surface area contributed by atoms with Crippen molar-refractivity contribution in [2.75, 3.05) is 6.61 Å². The van der Waals surface area contributed by atoms with Gasteiger partial charge in [-0.2, -0.15) is 18.3 Å². The van der Waals surface area contributed by atoms with Crippen molar-refractivity contribution in [3.63, 3.8) is 0 Å². The lowest BCUT2D eigenvalue weighted by atomic mass is 10.3. The predicted octanol–water partition coefficient (Wildman–Crippen LogP) is 2.63. The summed E-state index contributed by atoms with van der Waals surface area (Å²) in [6.07, 6.45) is -1.49. The second-order valence-corrected chi connectivity index (χ2v) is 5.94. The molecule has 2 heterocycles. The van der Waals surface area contributed by atoms with Crippen molar-refractivity contribution < 1.29 is 23.1 Å². The molecular weight excluding hydrogens is 331 g/mol. The van der Waals surface area contributed by atoms with E-state index in [0.29, 0.717) is 18.8 Å². The lowest BCUT2D eigenvalue weighted by Crippen LogP contribution is -2.26. The van der Waals surface area contributed by atoms with Gasteiger partial charge in [0.25, 0.3) is 0 Å². The van der Waals surface area contributed by atoms with Gasteiger partial charge in [0, 0.05) is 41.6 Å². The summed E-state index contributed by atoms with van der Waals surface area (Å²) in [5.41, 5.74) is 0.522. The standard InChI is InChI=1S/C14H16F3N3O2S/c1-3-12(9(2)14(15,16)17)23-20-7-10-6-19(8-11(10)18-20)13(22)4-5-21/h3,7,21H,2,4-6,8H2,1H3/b12-3+. The number of aromatic nitrogens is 2. The number of hydrogen-bond donors (Lipinski definition) is 1. The maximum atomic E-state index is 12.7. The van der Waals surface area contributed by atoms with Crippen LogP contribution in [-0.4, -0.2) is 37.9 Å². The van der Waals surface area contributed by atoms with Crippen LogP contribution >= 0.6 is 11.9 Å². The first-order chi connectivity index (χ1) is 10.8. The molecule has 5 nitrogen and oxygen atoms in total. The van der Waals surface area contributed by atoms with E-state index in [0.717, 1.165) is 17.5 Å². The van der Waals surface area contributed by atoms with Crippen LogP contribution in [0.25, 0.3) is 0 Å². The summed E-state index contributed by atoms with van der Waals surface area (Å²) in [6, 6.07) is 0. The molecule has 2 rings (SSSR count). The van der Waals surface area contributed by atoms with E-state index in [1.54, 1.807) is 11.1 Å². The Bertz CT molecular complexity index is 629. The van der Waals surface area contributed by atoms with E-state index in [-0.39, 0.29) is 23.8 Å². The number of aliphatic hydroxyl groups is 1. The van der Waals surface area contributed by atoms with Gasteiger partial charge in [0.15, 0.2) is 0 Å². The van der Waals surface area contributed by atoms with Crippen molar-refractivity contribution in [1.29, 1.82) is 0 Å². The van der Waals surface area contributed by atoms with Gasteiger partial charge in [-0.05, 0) is 6.92 Å². The van der Waals surface area contributed by atoms with E-state index in [1.165, 1.54) is 17.1 Å². The van der Waals surface area contributed by atoms with Gasteiger partial charge in [0.1, 0.15) is 0 Å². The van der Waals surface area contributed by atoms with E-state index >= 15 is 0 Å². The third-order valence-corrected chi connectivity index (χ3v) is 4.38. The monoisotopic (exact) mass is 347 g/mol. The van der Waals surface area contributed by atoms with Crippen molar-refractivity contribution in [3.8, 4) is 0 Å². The molecule has 0 spiro atoms. The average molecular weight is 347 g/mol. The quantitative estimate of drug-likeness (QED) is 0.832. The van der Waals surface area contributed by atoms with Crippen LogP contribution in [0.15, 0.2) is 29.3 Å². The Morgan fingerprint density at radius 3 is 2.74 bits per heavy atom. The molecule has 1 N–H and O–H groups in total. The molecule has 0 bridgehead atoms. The van der Waals surface area contributed by atoms with Gasteiger partial charge in [0.05, 0.1) is 24.4 Å². The topological polar surface area (TPSA) is 58.4 Å². The Labute approximate surface area is 135 Å². The first-order valence-corrected chi connectivity index (χ1v) is 7.60. The fourth-order valence-electron chi connectivity index (χ4n) is 2.13. The summed E-state index contributed by atoms with van der Waals surface area (Å²) in [5, 5.41) is 13.0. The van der Waals surface area contributed by atoms with Gasteiger partial charge < -0.3 is 10.0 Å². The summed E-state index contributed by atoms with van der Waals surface area (Å²) in [6.45, 7) is 5.02. The number of amides is 1. The summed E-state index contributed by atoms with van der Waals surface area (Å²) >= 11 is 0.832. The molecule has 0 fully saturated rings. The number of rotatable bonds is 5. The van der Waals surface area contributed by atoms with Crippen LogP contribution < -0.4 is 0 Å². The Morgan fingerprint density at radius 1 is 1.52 bits per heavy atom. The number of aliphatic hydroxyl groups excluding tert-OH is 1. The van der Waals surface area contributed by atoms with Crippen LogP contribution in [0.5, 0.6) is 0 Å². The van der Waals surface area contributed by atoms with Gasteiger partial charge >= 0.3 is 6.18 Å². The van der Waals surface area contributed by atoms with Crippen LogP contribution in [0.2, 0.25) is 0 Å².